The van der Waals surface area contributed by atoms with Crippen LogP contribution in [0.5, 0.6) is 0 Å². The molecule has 5 heteroatoms. The van der Waals surface area contributed by atoms with Gasteiger partial charge in [-0.3, -0.25) is 4.68 Å². The average Bonchev–Trinajstić information content (AvgIpc) is 2.52. The van der Waals surface area contributed by atoms with Gasteiger partial charge in [-0.1, -0.05) is 0 Å². The monoisotopic (exact) mass is 202 g/mol. The summed E-state index contributed by atoms with van der Waals surface area (Å²) < 4.78 is 24.4. The molecule has 0 aliphatic rings. The standard InChI is InChI=1S/C8H14N2O2S/c1-8(2)13(11,12)7-6-10-5-3-4-9-10/h3-5,8H,6-7H2,1-2H3. The Labute approximate surface area is 78.5 Å². The lowest BCUT2D eigenvalue weighted by molar-refractivity contribution is 0.573. The maximum atomic E-state index is 11.4. The van der Waals surface area contributed by atoms with E-state index in [-0.39, 0.29) is 11.0 Å². The molecule has 0 bridgehead atoms. The van der Waals surface area contributed by atoms with Gasteiger partial charge in [0.05, 0.1) is 17.5 Å². The Kier molecular flexibility index (Phi) is 3.08. The number of hydrogen-bond acceptors (Lipinski definition) is 3. The Bertz CT molecular complexity index is 340. The summed E-state index contributed by atoms with van der Waals surface area (Å²) in [5.74, 6) is 0.159. The number of hydrogen-bond donors (Lipinski definition) is 0. The Hall–Kier alpha value is -0.840. The summed E-state index contributed by atoms with van der Waals surface area (Å²) in [5, 5.41) is 3.63. The van der Waals surface area contributed by atoms with E-state index in [2.05, 4.69) is 5.10 Å². The predicted molar refractivity (Wildman–Crippen MR) is 51.1 cm³/mol. The van der Waals surface area contributed by atoms with Crippen molar-refractivity contribution < 1.29 is 8.42 Å². The largest absolute Gasteiger partial charge is 0.272 e. The van der Waals surface area contributed by atoms with Gasteiger partial charge in [0, 0.05) is 12.4 Å². The Balaban J connectivity index is 2.53. The third-order valence-corrected chi connectivity index (χ3v) is 4.07. The molecule has 0 fully saturated rings. The Morgan fingerprint density at radius 1 is 1.46 bits per heavy atom. The van der Waals surface area contributed by atoms with Gasteiger partial charge in [-0.05, 0) is 19.9 Å². The lowest BCUT2D eigenvalue weighted by Crippen LogP contribution is -2.21. The molecule has 0 aromatic carbocycles. The van der Waals surface area contributed by atoms with E-state index >= 15 is 0 Å². The maximum absolute atomic E-state index is 11.4. The average molecular weight is 202 g/mol. The minimum Gasteiger partial charge on any atom is -0.272 e. The molecule has 0 aliphatic heterocycles. The van der Waals surface area contributed by atoms with Crippen molar-refractivity contribution >= 4 is 9.84 Å². The van der Waals surface area contributed by atoms with E-state index in [1.54, 1.807) is 37.0 Å². The number of rotatable bonds is 4. The van der Waals surface area contributed by atoms with Crippen LogP contribution in [0.1, 0.15) is 13.8 Å². The first-order chi connectivity index (χ1) is 6.02. The first-order valence-corrected chi connectivity index (χ1v) is 5.93. The van der Waals surface area contributed by atoms with Crippen molar-refractivity contribution in [2.45, 2.75) is 25.6 Å². The van der Waals surface area contributed by atoms with E-state index in [0.29, 0.717) is 6.54 Å². The van der Waals surface area contributed by atoms with E-state index in [1.807, 2.05) is 0 Å². The number of nitrogens with zero attached hydrogens (tertiary/aromatic N) is 2. The van der Waals surface area contributed by atoms with E-state index in [1.165, 1.54) is 0 Å². The second-order valence-corrected chi connectivity index (χ2v) is 5.86. The van der Waals surface area contributed by atoms with Crippen LogP contribution in [0.3, 0.4) is 0 Å². The highest BCUT2D eigenvalue weighted by atomic mass is 32.2. The van der Waals surface area contributed by atoms with E-state index in [0.717, 1.165) is 0 Å². The van der Waals surface area contributed by atoms with Crippen LogP contribution < -0.4 is 0 Å². The first-order valence-electron chi connectivity index (χ1n) is 4.21. The first kappa shape index (κ1) is 10.2. The summed E-state index contributed by atoms with van der Waals surface area (Å²) in [5.41, 5.74) is 0. The molecule has 0 aliphatic carbocycles. The van der Waals surface area contributed by atoms with Gasteiger partial charge in [0.15, 0.2) is 9.84 Å². The molecule has 1 aromatic rings. The summed E-state index contributed by atoms with van der Waals surface area (Å²) in [6.07, 6.45) is 3.40. The van der Waals surface area contributed by atoms with Gasteiger partial charge in [-0.15, -0.1) is 0 Å². The third-order valence-electron chi connectivity index (χ3n) is 1.88. The zero-order valence-electron chi connectivity index (χ0n) is 7.84. The molecule has 0 saturated carbocycles. The second-order valence-electron chi connectivity index (χ2n) is 3.18. The molecule has 4 nitrogen and oxygen atoms in total. The molecule has 0 N–H and O–H groups in total. The van der Waals surface area contributed by atoms with Gasteiger partial charge in [-0.2, -0.15) is 5.10 Å². The predicted octanol–water partition coefficient (Wildman–Crippen LogP) is 0.706. The van der Waals surface area contributed by atoms with Crippen molar-refractivity contribution in [3.63, 3.8) is 0 Å². The van der Waals surface area contributed by atoms with Crippen molar-refractivity contribution in [2.24, 2.45) is 0 Å². The van der Waals surface area contributed by atoms with Crippen molar-refractivity contribution in [2.75, 3.05) is 5.75 Å². The molecule has 1 aromatic heterocycles. The molecule has 13 heavy (non-hydrogen) atoms. The molecule has 1 heterocycles. The molecule has 0 spiro atoms. The molecule has 1 rings (SSSR count). The van der Waals surface area contributed by atoms with Gasteiger partial charge in [0.25, 0.3) is 0 Å². The smallest absolute Gasteiger partial charge is 0.154 e. The molecule has 0 amide bonds. The lowest BCUT2D eigenvalue weighted by atomic mass is 10.6. The van der Waals surface area contributed by atoms with Gasteiger partial charge < -0.3 is 0 Å². The summed E-state index contributed by atoms with van der Waals surface area (Å²) >= 11 is 0. The van der Waals surface area contributed by atoms with Crippen LogP contribution in [0.4, 0.5) is 0 Å². The lowest BCUT2D eigenvalue weighted by Gasteiger charge is -2.06. The van der Waals surface area contributed by atoms with E-state index < -0.39 is 9.84 Å². The highest BCUT2D eigenvalue weighted by Gasteiger charge is 2.15. The highest BCUT2D eigenvalue weighted by molar-refractivity contribution is 7.91. The summed E-state index contributed by atoms with van der Waals surface area (Å²) in [6.45, 7) is 3.82. The van der Waals surface area contributed by atoms with Crippen LogP contribution in [0.2, 0.25) is 0 Å². The third kappa shape index (κ3) is 2.84. The van der Waals surface area contributed by atoms with Crippen LogP contribution in [-0.4, -0.2) is 29.2 Å². The molecule has 74 valence electrons. The van der Waals surface area contributed by atoms with Gasteiger partial charge in [-0.25, -0.2) is 8.42 Å². The summed E-state index contributed by atoms with van der Waals surface area (Å²) in [7, 11) is -2.94. The van der Waals surface area contributed by atoms with Gasteiger partial charge >= 0.3 is 0 Å². The fourth-order valence-corrected chi connectivity index (χ4v) is 1.80. The minimum absolute atomic E-state index is 0.159. The molecular weight excluding hydrogens is 188 g/mol. The van der Waals surface area contributed by atoms with Crippen LogP contribution >= 0.6 is 0 Å². The molecule has 0 saturated heterocycles. The number of sulfone groups is 1. The van der Waals surface area contributed by atoms with Crippen LogP contribution in [-0.2, 0) is 16.4 Å². The topological polar surface area (TPSA) is 52.0 Å². The number of aryl methyl sites for hydroxylation is 1. The molecule has 0 radical (unpaired) electrons. The normalized spacial score (nSPS) is 12.2. The summed E-state index contributed by atoms with van der Waals surface area (Å²) in [6, 6.07) is 1.78. The zero-order valence-corrected chi connectivity index (χ0v) is 8.66. The van der Waals surface area contributed by atoms with Crippen LogP contribution in [0, 0.1) is 0 Å². The fourth-order valence-electron chi connectivity index (χ4n) is 0.889. The second kappa shape index (κ2) is 3.91. The maximum Gasteiger partial charge on any atom is 0.154 e. The fraction of sp³-hybridized carbons (Fsp3) is 0.625. The van der Waals surface area contributed by atoms with Crippen molar-refractivity contribution in [3.05, 3.63) is 18.5 Å². The van der Waals surface area contributed by atoms with Crippen LogP contribution in [0.15, 0.2) is 18.5 Å². The van der Waals surface area contributed by atoms with Gasteiger partial charge in [0.1, 0.15) is 0 Å². The molecular formula is C8H14N2O2S. The Morgan fingerprint density at radius 2 is 2.15 bits per heavy atom. The SMILES string of the molecule is CC(C)S(=O)(=O)CCn1cccn1. The molecule has 0 unspecified atom stereocenters. The van der Waals surface area contributed by atoms with Crippen LogP contribution in [0.25, 0.3) is 0 Å². The van der Waals surface area contributed by atoms with Crippen molar-refractivity contribution in [1.29, 1.82) is 0 Å². The van der Waals surface area contributed by atoms with E-state index in [4.69, 9.17) is 0 Å². The van der Waals surface area contributed by atoms with E-state index in [9.17, 15) is 8.42 Å². The number of aromatic nitrogens is 2. The van der Waals surface area contributed by atoms with Crippen molar-refractivity contribution in [1.82, 2.24) is 9.78 Å². The quantitative estimate of drug-likeness (QED) is 0.722. The molecule has 0 atom stereocenters. The highest BCUT2D eigenvalue weighted by Crippen LogP contribution is 2.01. The summed E-state index contributed by atoms with van der Waals surface area (Å²) in [4.78, 5) is 0. The minimum atomic E-state index is -2.94. The van der Waals surface area contributed by atoms with Gasteiger partial charge in [0.2, 0.25) is 0 Å². The Morgan fingerprint density at radius 3 is 2.62 bits per heavy atom. The van der Waals surface area contributed by atoms with Crippen molar-refractivity contribution in [3.8, 4) is 0 Å². The zero-order chi connectivity index (χ0) is 9.90.